The highest BCUT2D eigenvalue weighted by molar-refractivity contribution is 6.19. The first-order valence-corrected chi connectivity index (χ1v) is 24.2. The number of carbonyl (C=O) groups is 13. The number of rotatable bonds is 7. The Morgan fingerprint density at radius 3 is 1.56 bits per heavy atom. The highest BCUT2D eigenvalue weighted by Gasteiger charge is 2.49. The molecule has 23 nitrogen and oxygen atoms in total. The second-order valence-corrected chi connectivity index (χ2v) is 18.5. The van der Waals surface area contributed by atoms with Crippen LogP contribution in [0.25, 0.3) is 0 Å². The van der Waals surface area contributed by atoms with Gasteiger partial charge in [-0.2, -0.15) is 0 Å². The first-order valence-electron chi connectivity index (χ1n) is 24.2. The molecule has 7 unspecified atom stereocenters. The summed E-state index contributed by atoms with van der Waals surface area (Å²) >= 11 is 0. The Kier molecular flexibility index (Phi) is 22.1. The summed E-state index contributed by atoms with van der Waals surface area (Å²) in [5.41, 5.74) is 4.73. The molecule has 0 bridgehead atoms. The zero-order valence-corrected chi connectivity index (χ0v) is 41.6. The van der Waals surface area contributed by atoms with Crippen LogP contribution in [0, 0.1) is 17.8 Å². The van der Waals surface area contributed by atoms with E-state index in [-0.39, 0.29) is 88.9 Å². The topological polar surface area (TPSA) is 340 Å². The number of aliphatic carboxylic acids is 1. The normalized spacial score (nSPS) is 25.9. The number of nitrogens with one attached hydrogen (secondary N) is 3. The van der Waals surface area contributed by atoms with Crippen molar-refractivity contribution in [2.45, 2.75) is 129 Å². The van der Waals surface area contributed by atoms with E-state index in [9.17, 15) is 67.4 Å². The van der Waals surface area contributed by atoms with Crippen LogP contribution in [0.15, 0.2) is 42.5 Å². The van der Waals surface area contributed by atoms with Crippen molar-refractivity contribution in [1.82, 2.24) is 20.4 Å². The number of carboxylic acid groups (broad SMARTS) is 1. The number of imide groups is 2. The summed E-state index contributed by atoms with van der Waals surface area (Å²) in [5.74, 6) is -12.9. The van der Waals surface area contributed by atoms with Crippen LogP contribution in [0.2, 0.25) is 0 Å². The molecule has 0 radical (unpaired) electrons. The van der Waals surface area contributed by atoms with Crippen molar-refractivity contribution in [2.24, 2.45) is 17.8 Å². The van der Waals surface area contributed by atoms with Gasteiger partial charge in [-0.15, -0.1) is 0 Å². The lowest BCUT2D eigenvalue weighted by Gasteiger charge is -2.35. The van der Waals surface area contributed by atoms with Crippen LogP contribution >= 0.6 is 0 Å². The summed E-state index contributed by atoms with van der Waals surface area (Å²) in [6.45, 7) is 6.75. The van der Waals surface area contributed by atoms with Gasteiger partial charge in [-0.25, -0.2) is 0 Å². The van der Waals surface area contributed by atoms with Crippen molar-refractivity contribution in [1.29, 1.82) is 0 Å². The van der Waals surface area contributed by atoms with Crippen molar-refractivity contribution in [3.8, 4) is 5.75 Å². The molecule has 0 spiro atoms. The Hall–Kier alpha value is -7.11. The maximum atomic E-state index is 14.0. The zero-order chi connectivity index (χ0) is 54.1. The molecule has 1 aromatic rings. The van der Waals surface area contributed by atoms with E-state index < -0.39 is 131 Å². The van der Waals surface area contributed by atoms with Crippen LogP contribution < -0.4 is 26.4 Å². The molecule has 4 rings (SSSR count). The van der Waals surface area contributed by atoms with Gasteiger partial charge in [-0.05, 0) is 44.4 Å². The maximum absolute atomic E-state index is 14.0. The van der Waals surface area contributed by atoms with Crippen molar-refractivity contribution in [2.75, 3.05) is 31.7 Å². The standard InChI is InChI=1S/C50H64N6O17/c1-27-23-37(59)30(4)52-40(61)16-20-71-18-6-8-35(57)46(55-42(63)12-13-43(55)64)47(56-44(65)14-15-45(56)66)36(58)9-7-19-72-21-17-41(62)53-31(5)38(60)24-29(3)50(70)73-39-11-10-32(26-34(39)54-48(27)67)25-33(51)22-28(2)49(68)69/h10-15,26-31,33,46-47H,6-9,16-25,51H2,1-5H3,(H,52,61)(H,53,62)(H,54,67)(H,68,69)/p+1/t27?,28?,29?,30?,31?,33-,46?,47?/m1/s1. The van der Waals surface area contributed by atoms with Gasteiger partial charge in [0.2, 0.25) is 17.7 Å². The average molecular weight is 1020 g/mol. The number of nitrogens with zero attached hydrogens (tertiary/aromatic N) is 2. The summed E-state index contributed by atoms with van der Waals surface area (Å²) < 4.78 is 16.8. The van der Waals surface area contributed by atoms with Crippen LogP contribution in [-0.4, -0.2) is 148 Å². The van der Waals surface area contributed by atoms with Crippen molar-refractivity contribution < 1.29 is 87.4 Å². The third kappa shape index (κ3) is 17.3. The molecular formula is C50H65N6O17+. The average Bonchev–Trinajstić information content (AvgIpc) is 3.83. The van der Waals surface area contributed by atoms with E-state index in [0.29, 0.717) is 21.8 Å². The quantitative estimate of drug-likeness (QED) is 0.137. The predicted octanol–water partition coefficient (Wildman–Crippen LogP) is 0.107. The van der Waals surface area contributed by atoms with Crippen molar-refractivity contribution in [3.63, 3.8) is 0 Å². The van der Waals surface area contributed by atoms with Crippen LogP contribution in [-0.2, 0) is 78.2 Å². The fraction of sp³-hybridized carbons (Fsp3) is 0.540. The van der Waals surface area contributed by atoms with E-state index >= 15 is 0 Å². The van der Waals surface area contributed by atoms with Gasteiger partial charge in [-0.1, -0.05) is 26.8 Å². The van der Waals surface area contributed by atoms with E-state index in [1.807, 2.05) is 0 Å². The third-order valence-corrected chi connectivity index (χ3v) is 12.3. The molecule has 7 N–H and O–H groups in total. The maximum Gasteiger partial charge on any atom is 0.314 e. The molecular weight excluding hydrogens is 957 g/mol. The van der Waals surface area contributed by atoms with E-state index in [4.69, 9.17) is 14.2 Å². The van der Waals surface area contributed by atoms with Gasteiger partial charge in [0.15, 0.2) is 28.9 Å². The molecule has 0 aromatic heterocycles. The zero-order valence-electron chi connectivity index (χ0n) is 41.6. The number of fused-ring (bicyclic) bond motifs is 1. The molecule has 0 saturated heterocycles. The monoisotopic (exact) mass is 1020 g/mol. The van der Waals surface area contributed by atoms with Gasteiger partial charge in [0.05, 0.1) is 48.9 Å². The Bertz CT molecular complexity index is 2360. The largest absolute Gasteiger partial charge is 0.481 e. The summed E-state index contributed by atoms with van der Waals surface area (Å²) in [7, 11) is 0. The fourth-order valence-corrected chi connectivity index (χ4v) is 8.12. The number of benzene rings is 1. The van der Waals surface area contributed by atoms with Gasteiger partial charge in [0.25, 0.3) is 23.6 Å². The summed E-state index contributed by atoms with van der Waals surface area (Å²) in [5, 5.41) is 17.2. The smallest absolute Gasteiger partial charge is 0.314 e. The van der Waals surface area contributed by atoms with Crippen LogP contribution in [0.1, 0.15) is 98.0 Å². The number of quaternary nitrogens is 1. The molecule has 7 amide bonds. The minimum absolute atomic E-state index is 0.0410. The predicted molar refractivity (Wildman–Crippen MR) is 254 cm³/mol. The molecule has 396 valence electrons. The number of esters is 1. The highest BCUT2D eigenvalue weighted by atomic mass is 16.5. The summed E-state index contributed by atoms with van der Waals surface area (Å²) in [6, 6.07) is -1.65. The van der Waals surface area contributed by atoms with Gasteiger partial charge < -0.3 is 41.0 Å². The lowest BCUT2D eigenvalue weighted by molar-refractivity contribution is -0.422. The van der Waals surface area contributed by atoms with Gasteiger partial charge in [0.1, 0.15) is 12.1 Å². The Labute approximate surface area is 421 Å². The first kappa shape index (κ1) is 58.5. The number of hydrogen-bond donors (Lipinski definition) is 5. The van der Waals surface area contributed by atoms with Gasteiger partial charge >= 0.3 is 11.9 Å². The number of anilines is 1. The fourth-order valence-electron chi connectivity index (χ4n) is 8.12. The number of ether oxygens (including phenoxy) is 3. The molecule has 8 atom stereocenters. The summed E-state index contributed by atoms with van der Waals surface area (Å²) in [4.78, 5) is 171. The molecule has 23 heteroatoms. The first-order chi connectivity index (χ1) is 34.5. The molecule has 73 heavy (non-hydrogen) atoms. The highest BCUT2D eigenvalue weighted by Crippen LogP contribution is 2.30. The minimum atomic E-state index is -1.90. The molecule has 1 aromatic carbocycles. The lowest BCUT2D eigenvalue weighted by atomic mass is 9.91. The van der Waals surface area contributed by atoms with Gasteiger partial charge in [-0.3, -0.25) is 72.1 Å². The second-order valence-electron chi connectivity index (χ2n) is 18.5. The van der Waals surface area contributed by atoms with E-state index in [1.165, 1.54) is 39.8 Å². The number of amides is 7. The second kappa shape index (κ2) is 27.6. The van der Waals surface area contributed by atoms with Crippen LogP contribution in [0.4, 0.5) is 5.69 Å². The van der Waals surface area contributed by atoms with E-state index in [2.05, 4.69) is 21.7 Å². The van der Waals surface area contributed by atoms with E-state index in [0.717, 1.165) is 24.3 Å². The number of hydrogen-bond acceptors (Lipinski definition) is 16. The Morgan fingerprint density at radius 1 is 0.658 bits per heavy atom. The van der Waals surface area contributed by atoms with Crippen molar-refractivity contribution in [3.05, 3.63) is 48.1 Å². The molecule has 0 aliphatic carbocycles. The van der Waals surface area contributed by atoms with E-state index in [1.54, 1.807) is 13.0 Å². The summed E-state index contributed by atoms with van der Waals surface area (Å²) in [6.07, 6.45) is 2.10. The number of carboxylic acids is 1. The minimum Gasteiger partial charge on any atom is -0.481 e. The third-order valence-electron chi connectivity index (χ3n) is 12.3. The van der Waals surface area contributed by atoms with Crippen LogP contribution in [0.5, 0.6) is 5.75 Å². The molecule has 3 heterocycles. The Morgan fingerprint density at radius 2 is 1.11 bits per heavy atom. The van der Waals surface area contributed by atoms with Gasteiger partial charge in [0, 0.05) is 94.8 Å². The number of Topliss-reactive ketones (excluding diaryl/α,β-unsaturated/α-hetero) is 4. The molecule has 0 saturated carbocycles. The van der Waals surface area contributed by atoms with Crippen LogP contribution in [0.3, 0.4) is 0 Å². The number of ketones is 4. The lowest BCUT2D eigenvalue weighted by Crippen LogP contribution is -2.62. The number of carbonyl (C=O) groups excluding carboxylic acids is 12. The van der Waals surface area contributed by atoms with Crippen molar-refractivity contribution >= 4 is 82.1 Å². The molecule has 3 aliphatic rings. The molecule has 3 aliphatic heterocycles. The Balaban J connectivity index is 1.53. The SMILES string of the molecule is CC(C[C@@H]([NH3+])Cc1ccc2c(c1)NC(=O)C(C)CC(=O)C(C)NC(=O)CCOCCCC(=O)C(N1C(=O)C=CC1=O)C(N1C(=O)C=CC1=O)C(=O)CCCOCCC(=O)NC(C)C(=O)CC(C)C(=O)O2)C(=O)O. The molecule has 0 fully saturated rings.